The zero-order valence-electron chi connectivity index (χ0n) is 8.92. The van der Waals surface area contributed by atoms with Crippen molar-refractivity contribution in [2.24, 2.45) is 0 Å². The number of aliphatic hydroxyl groups excluding tert-OH is 1. The zero-order valence-corrected chi connectivity index (χ0v) is 8.92. The summed E-state index contributed by atoms with van der Waals surface area (Å²) in [5.74, 6) is -0.452. The third-order valence-corrected chi connectivity index (χ3v) is 1.85. The highest BCUT2D eigenvalue weighted by Crippen LogP contribution is 2.14. The Balaban J connectivity index is 2.51. The molecule has 88 valence electrons. The maximum absolute atomic E-state index is 10.6. The molecule has 0 aliphatic rings. The number of hydrogen-bond donors (Lipinski definition) is 2. The number of rotatable bonds is 6. The number of carboxylic acid groups (broad SMARTS) is 1. The molecule has 1 rings (SSSR count). The summed E-state index contributed by atoms with van der Waals surface area (Å²) in [6.07, 6.45) is -0.483. The highest BCUT2D eigenvalue weighted by atomic mass is 16.7. The molecule has 1 aromatic rings. The summed E-state index contributed by atoms with van der Waals surface area (Å²) in [7, 11) is 0. The van der Waals surface area contributed by atoms with E-state index in [1.165, 1.54) is 12.1 Å². The Labute approximate surface area is 93.2 Å². The Bertz CT molecular complexity index is 333. The van der Waals surface area contributed by atoms with E-state index in [0.717, 1.165) is 0 Å². The van der Waals surface area contributed by atoms with Gasteiger partial charge in [-0.05, 0) is 31.2 Å². The first kappa shape index (κ1) is 12.5. The van der Waals surface area contributed by atoms with Crippen LogP contribution in [0.25, 0.3) is 0 Å². The van der Waals surface area contributed by atoms with Crippen molar-refractivity contribution in [1.82, 2.24) is 0 Å². The summed E-state index contributed by atoms with van der Waals surface area (Å²) in [5, 5.41) is 17.2. The fraction of sp³-hybridized carbons (Fsp3) is 0.364. The lowest BCUT2D eigenvalue weighted by Gasteiger charge is -2.14. The van der Waals surface area contributed by atoms with Gasteiger partial charge in [-0.2, -0.15) is 0 Å². The first-order valence-electron chi connectivity index (χ1n) is 4.86. The van der Waals surface area contributed by atoms with Crippen LogP contribution in [0.4, 0.5) is 0 Å². The van der Waals surface area contributed by atoms with Gasteiger partial charge in [-0.3, -0.25) is 0 Å². The highest BCUT2D eigenvalue weighted by molar-refractivity contribution is 5.87. The Morgan fingerprint density at radius 1 is 1.38 bits per heavy atom. The quantitative estimate of drug-likeness (QED) is 0.711. The lowest BCUT2D eigenvalue weighted by atomic mass is 10.2. The first-order chi connectivity index (χ1) is 7.63. The summed E-state index contributed by atoms with van der Waals surface area (Å²) in [4.78, 5) is 10.6. The molecule has 2 N–H and O–H groups in total. The predicted molar refractivity (Wildman–Crippen MR) is 56.5 cm³/mol. The van der Waals surface area contributed by atoms with Crippen LogP contribution in [0.3, 0.4) is 0 Å². The number of benzene rings is 1. The molecule has 1 atom stereocenters. The molecular formula is C11H14O5. The summed E-state index contributed by atoms with van der Waals surface area (Å²) in [5.41, 5.74) is 0.205. The molecule has 16 heavy (non-hydrogen) atoms. The van der Waals surface area contributed by atoms with Gasteiger partial charge in [0.2, 0.25) is 0 Å². The Morgan fingerprint density at radius 2 is 2.00 bits per heavy atom. The third kappa shape index (κ3) is 3.88. The molecule has 0 aliphatic carbocycles. The third-order valence-electron chi connectivity index (χ3n) is 1.85. The van der Waals surface area contributed by atoms with E-state index in [1.54, 1.807) is 19.1 Å². The van der Waals surface area contributed by atoms with Gasteiger partial charge in [-0.25, -0.2) is 4.79 Å². The van der Waals surface area contributed by atoms with Crippen molar-refractivity contribution in [2.75, 3.05) is 13.2 Å². The summed E-state index contributed by atoms with van der Waals surface area (Å²) in [6.45, 7) is 1.83. The van der Waals surface area contributed by atoms with E-state index in [0.29, 0.717) is 5.75 Å². The maximum Gasteiger partial charge on any atom is 0.335 e. The molecule has 5 nitrogen and oxygen atoms in total. The normalized spacial score (nSPS) is 12.1. The summed E-state index contributed by atoms with van der Waals surface area (Å²) in [6, 6.07) is 6.03. The second-order valence-electron chi connectivity index (χ2n) is 3.11. The minimum Gasteiger partial charge on any atom is -0.478 e. The van der Waals surface area contributed by atoms with Gasteiger partial charge in [0.15, 0.2) is 6.29 Å². The van der Waals surface area contributed by atoms with E-state index in [1.807, 2.05) is 0 Å². The van der Waals surface area contributed by atoms with Crippen LogP contribution in [0.15, 0.2) is 24.3 Å². The smallest absolute Gasteiger partial charge is 0.335 e. The molecule has 0 bridgehead atoms. The number of hydrogen-bond acceptors (Lipinski definition) is 4. The van der Waals surface area contributed by atoms with Crippen molar-refractivity contribution in [3.05, 3.63) is 29.8 Å². The van der Waals surface area contributed by atoms with Gasteiger partial charge < -0.3 is 19.7 Å². The van der Waals surface area contributed by atoms with Crippen molar-refractivity contribution in [1.29, 1.82) is 0 Å². The second-order valence-corrected chi connectivity index (χ2v) is 3.11. The highest BCUT2D eigenvalue weighted by Gasteiger charge is 2.05. The van der Waals surface area contributed by atoms with Crippen LogP contribution < -0.4 is 4.74 Å². The van der Waals surface area contributed by atoms with Gasteiger partial charge in [0.05, 0.1) is 18.8 Å². The second kappa shape index (κ2) is 6.09. The van der Waals surface area contributed by atoms with Gasteiger partial charge in [0, 0.05) is 0 Å². The Kier molecular flexibility index (Phi) is 4.75. The van der Waals surface area contributed by atoms with Gasteiger partial charge in [-0.15, -0.1) is 0 Å². The van der Waals surface area contributed by atoms with Gasteiger partial charge in [-0.1, -0.05) is 0 Å². The molecule has 0 aromatic heterocycles. The van der Waals surface area contributed by atoms with Gasteiger partial charge in [0.25, 0.3) is 0 Å². The van der Waals surface area contributed by atoms with Gasteiger partial charge >= 0.3 is 5.97 Å². The van der Waals surface area contributed by atoms with E-state index >= 15 is 0 Å². The van der Waals surface area contributed by atoms with Crippen LogP contribution in [0.1, 0.15) is 17.3 Å². The standard InChI is InChI=1S/C11H14O5/c1-8(15-7-6-12)16-10-4-2-9(3-5-10)11(13)14/h2-5,8,12H,6-7H2,1H3,(H,13,14). The number of carbonyl (C=O) groups is 1. The summed E-state index contributed by atoms with van der Waals surface area (Å²) < 4.78 is 10.4. The fourth-order valence-corrected chi connectivity index (χ4v) is 1.12. The number of carboxylic acids is 1. The monoisotopic (exact) mass is 226 g/mol. The minimum absolute atomic E-state index is 0.0638. The molecule has 0 spiro atoms. The van der Waals surface area contributed by atoms with Crippen molar-refractivity contribution in [3.63, 3.8) is 0 Å². The lowest BCUT2D eigenvalue weighted by molar-refractivity contribution is -0.0760. The fourth-order valence-electron chi connectivity index (χ4n) is 1.12. The molecule has 0 heterocycles. The average Bonchev–Trinajstić information content (AvgIpc) is 2.27. The van der Waals surface area contributed by atoms with Crippen molar-refractivity contribution in [3.8, 4) is 5.75 Å². The molecule has 0 saturated carbocycles. The zero-order chi connectivity index (χ0) is 12.0. The predicted octanol–water partition coefficient (Wildman–Crippen LogP) is 1.12. The molecular weight excluding hydrogens is 212 g/mol. The van der Waals surface area contributed by atoms with Gasteiger partial charge in [0.1, 0.15) is 5.75 Å². The van der Waals surface area contributed by atoms with E-state index in [9.17, 15) is 4.79 Å². The summed E-state index contributed by atoms with van der Waals surface area (Å²) >= 11 is 0. The Hall–Kier alpha value is -1.59. The van der Waals surface area contributed by atoms with E-state index < -0.39 is 12.3 Å². The maximum atomic E-state index is 10.6. The molecule has 0 aliphatic heterocycles. The molecule has 1 aromatic carbocycles. The van der Waals surface area contributed by atoms with Crippen LogP contribution >= 0.6 is 0 Å². The molecule has 5 heteroatoms. The number of aliphatic hydroxyl groups is 1. The first-order valence-corrected chi connectivity index (χ1v) is 4.86. The van der Waals surface area contributed by atoms with Crippen LogP contribution in [-0.4, -0.2) is 35.7 Å². The van der Waals surface area contributed by atoms with E-state index in [2.05, 4.69) is 0 Å². The Morgan fingerprint density at radius 3 is 2.50 bits per heavy atom. The topological polar surface area (TPSA) is 76.0 Å². The molecule has 0 amide bonds. The van der Waals surface area contributed by atoms with Crippen molar-refractivity contribution in [2.45, 2.75) is 13.2 Å². The SMILES string of the molecule is CC(OCCO)Oc1ccc(C(=O)O)cc1. The van der Waals surface area contributed by atoms with Crippen molar-refractivity contribution >= 4 is 5.97 Å². The minimum atomic E-state index is -0.976. The molecule has 0 fully saturated rings. The average molecular weight is 226 g/mol. The van der Waals surface area contributed by atoms with E-state index in [-0.39, 0.29) is 18.8 Å². The molecule has 0 radical (unpaired) electrons. The molecule has 0 saturated heterocycles. The molecule has 1 unspecified atom stereocenters. The lowest BCUT2D eigenvalue weighted by Crippen LogP contribution is -2.18. The van der Waals surface area contributed by atoms with Crippen LogP contribution in [0.5, 0.6) is 5.75 Å². The van der Waals surface area contributed by atoms with Crippen molar-refractivity contribution < 1.29 is 24.5 Å². The largest absolute Gasteiger partial charge is 0.478 e. The van der Waals surface area contributed by atoms with E-state index in [4.69, 9.17) is 19.7 Å². The number of ether oxygens (including phenoxy) is 2. The van der Waals surface area contributed by atoms with Crippen LogP contribution in [-0.2, 0) is 4.74 Å². The van der Waals surface area contributed by atoms with Crippen LogP contribution in [0, 0.1) is 0 Å². The van der Waals surface area contributed by atoms with Crippen LogP contribution in [0.2, 0.25) is 0 Å². The number of aromatic carboxylic acids is 1.